The number of methoxy groups -OCH3 is 1. The highest BCUT2D eigenvalue weighted by Gasteiger charge is 2.34. The molecule has 3 atom stereocenters. The van der Waals surface area contributed by atoms with Gasteiger partial charge in [0.2, 0.25) is 0 Å². The van der Waals surface area contributed by atoms with E-state index >= 15 is 0 Å². The van der Waals surface area contributed by atoms with Crippen molar-refractivity contribution < 1.29 is 4.74 Å². The minimum absolute atomic E-state index is 0.225. The molecule has 0 amide bonds. The van der Waals surface area contributed by atoms with E-state index in [1.54, 1.807) is 7.11 Å². The monoisotopic (exact) mass is 214 g/mol. The second kappa shape index (κ2) is 5.83. The van der Waals surface area contributed by atoms with Gasteiger partial charge >= 0.3 is 0 Å². The molecular weight excluding hydrogens is 188 g/mol. The van der Waals surface area contributed by atoms with Crippen LogP contribution in [0.3, 0.4) is 0 Å². The van der Waals surface area contributed by atoms with Crippen LogP contribution in [0.2, 0.25) is 0 Å². The summed E-state index contributed by atoms with van der Waals surface area (Å²) in [5.41, 5.74) is 5.98. The van der Waals surface area contributed by atoms with Crippen LogP contribution < -0.4 is 5.73 Å². The van der Waals surface area contributed by atoms with Crippen LogP contribution in [0.4, 0.5) is 0 Å². The average molecular weight is 214 g/mol. The van der Waals surface area contributed by atoms with Crippen molar-refractivity contribution in [1.82, 2.24) is 4.90 Å². The van der Waals surface area contributed by atoms with Crippen molar-refractivity contribution in [1.29, 1.82) is 0 Å². The van der Waals surface area contributed by atoms with Crippen molar-refractivity contribution in [2.75, 3.05) is 20.3 Å². The van der Waals surface area contributed by atoms with Gasteiger partial charge in [0.15, 0.2) is 0 Å². The number of hydrogen-bond donors (Lipinski definition) is 1. The van der Waals surface area contributed by atoms with Crippen molar-refractivity contribution in [3.8, 4) is 0 Å². The molecule has 0 saturated heterocycles. The fourth-order valence-corrected chi connectivity index (χ4v) is 2.13. The maximum absolute atomic E-state index is 5.98. The molecule has 0 radical (unpaired) electrons. The van der Waals surface area contributed by atoms with Crippen molar-refractivity contribution in [3.05, 3.63) is 0 Å². The van der Waals surface area contributed by atoms with Gasteiger partial charge in [-0.2, -0.15) is 0 Å². The quantitative estimate of drug-likeness (QED) is 0.697. The molecule has 2 N–H and O–H groups in total. The number of nitrogens with zero attached hydrogens (tertiary/aromatic N) is 1. The van der Waals surface area contributed by atoms with E-state index in [-0.39, 0.29) is 6.04 Å². The molecule has 1 rings (SSSR count). The zero-order valence-corrected chi connectivity index (χ0v) is 10.6. The molecule has 1 fully saturated rings. The molecule has 3 heteroatoms. The number of ether oxygens (including phenoxy) is 1. The van der Waals surface area contributed by atoms with Crippen LogP contribution in [0.5, 0.6) is 0 Å². The molecule has 3 nitrogen and oxygen atoms in total. The van der Waals surface area contributed by atoms with Crippen LogP contribution in [0, 0.1) is 5.92 Å². The standard InChI is InChI=1S/C12H26N2O/c1-9(13)10(2)14(7-8-15-4)11(3)12-5-6-12/h9-12H,5-8,13H2,1-4H3. The Hall–Kier alpha value is -0.120. The third-order valence-corrected chi connectivity index (χ3v) is 3.67. The summed E-state index contributed by atoms with van der Waals surface area (Å²) in [7, 11) is 1.76. The van der Waals surface area contributed by atoms with E-state index in [9.17, 15) is 0 Å². The van der Waals surface area contributed by atoms with Crippen LogP contribution >= 0.6 is 0 Å². The Balaban J connectivity index is 2.50. The lowest BCUT2D eigenvalue weighted by atomic mass is 10.1. The molecule has 0 aromatic rings. The number of rotatable bonds is 7. The van der Waals surface area contributed by atoms with Gasteiger partial charge in [0.1, 0.15) is 0 Å². The summed E-state index contributed by atoms with van der Waals surface area (Å²) in [4.78, 5) is 2.51. The van der Waals surface area contributed by atoms with Gasteiger partial charge in [-0.15, -0.1) is 0 Å². The highest BCUT2D eigenvalue weighted by molar-refractivity contribution is 4.89. The van der Waals surface area contributed by atoms with Gasteiger partial charge in [0, 0.05) is 31.8 Å². The summed E-state index contributed by atoms with van der Waals surface area (Å²) in [5.74, 6) is 0.892. The van der Waals surface area contributed by atoms with Crippen LogP contribution in [0.25, 0.3) is 0 Å². The first kappa shape index (κ1) is 12.9. The second-order valence-electron chi connectivity index (χ2n) is 4.91. The predicted molar refractivity (Wildman–Crippen MR) is 63.9 cm³/mol. The molecule has 0 aliphatic heterocycles. The van der Waals surface area contributed by atoms with E-state index in [1.165, 1.54) is 12.8 Å². The maximum Gasteiger partial charge on any atom is 0.0589 e. The van der Waals surface area contributed by atoms with Gasteiger partial charge < -0.3 is 10.5 Å². The topological polar surface area (TPSA) is 38.5 Å². The molecule has 0 aromatic heterocycles. The molecule has 15 heavy (non-hydrogen) atoms. The highest BCUT2D eigenvalue weighted by atomic mass is 16.5. The predicted octanol–water partition coefficient (Wildman–Crippen LogP) is 1.47. The van der Waals surface area contributed by atoms with E-state index in [2.05, 4.69) is 25.7 Å². The number of hydrogen-bond acceptors (Lipinski definition) is 3. The molecule has 3 unspecified atom stereocenters. The van der Waals surface area contributed by atoms with Crippen LogP contribution in [-0.2, 0) is 4.74 Å². The zero-order valence-electron chi connectivity index (χ0n) is 10.6. The van der Waals surface area contributed by atoms with Crippen molar-refractivity contribution in [2.45, 2.75) is 51.7 Å². The molecule has 1 aliphatic rings. The molecule has 0 bridgehead atoms. The molecule has 0 heterocycles. The Morgan fingerprint density at radius 2 is 1.93 bits per heavy atom. The van der Waals surface area contributed by atoms with E-state index < -0.39 is 0 Å². The Kier molecular flexibility index (Phi) is 5.03. The van der Waals surface area contributed by atoms with Crippen LogP contribution in [-0.4, -0.2) is 43.3 Å². The summed E-state index contributed by atoms with van der Waals surface area (Å²) in [6, 6.07) is 1.32. The third-order valence-electron chi connectivity index (χ3n) is 3.67. The smallest absolute Gasteiger partial charge is 0.0589 e. The highest BCUT2D eigenvalue weighted by Crippen LogP contribution is 2.35. The van der Waals surface area contributed by atoms with Gasteiger partial charge in [0.05, 0.1) is 6.61 Å². The summed E-state index contributed by atoms with van der Waals surface area (Å²) in [6.45, 7) is 8.43. The maximum atomic E-state index is 5.98. The lowest BCUT2D eigenvalue weighted by Crippen LogP contribution is -2.50. The molecule has 1 aliphatic carbocycles. The first-order chi connectivity index (χ1) is 7.07. The fourth-order valence-electron chi connectivity index (χ4n) is 2.13. The fraction of sp³-hybridized carbons (Fsp3) is 1.00. The zero-order chi connectivity index (χ0) is 11.4. The van der Waals surface area contributed by atoms with Crippen molar-refractivity contribution in [2.24, 2.45) is 11.7 Å². The van der Waals surface area contributed by atoms with Gasteiger partial charge in [-0.05, 0) is 39.5 Å². The lowest BCUT2D eigenvalue weighted by molar-refractivity contribution is 0.0795. The molecular formula is C12H26N2O. The van der Waals surface area contributed by atoms with Crippen molar-refractivity contribution >= 4 is 0 Å². The summed E-state index contributed by atoms with van der Waals surface area (Å²) >= 11 is 0. The summed E-state index contributed by atoms with van der Waals surface area (Å²) in [6.07, 6.45) is 2.77. The van der Waals surface area contributed by atoms with E-state index in [1.807, 2.05) is 0 Å². The minimum Gasteiger partial charge on any atom is -0.383 e. The molecule has 90 valence electrons. The Morgan fingerprint density at radius 1 is 1.33 bits per heavy atom. The molecule has 0 aromatic carbocycles. The second-order valence-corrected chi connectivity index (χ2v) is 4.91. The Bertz CT molecular complexity index is 172. The normalized spacial score (nSPS) is 22.8. The largest absolute Gasteiger partial charge is 0.383 e. The first-order valence-electron chi connectivity index (χ1n) is 6.08. The third kappa shape index (κ3) is 3.74. The van der Waals surface area contributed by atoms with Gasteiger partial charge in [-0.25, -0.2) is 0 Å². The SMILES string of the molecule is COCCN(C(C)C(C)N)C(C)C1CC1. The Labute approximate surface area is 94.0 Å². The van der Waals surface area contributed by atoms with Crippen LogP contribution in [0.15, 0.2) is 0 Å². The first-order valence-corrected chi connectivity index (χ1v) is 6.08. The molecule has 0 spiro atoms. The van der Waals surface area contributed by atoms with E-state index in [0.717, 1.165) is 19.1 Å². The summed E-state index contributed by atoms with van der Waals surface area (Å²) < 4.78 is 5.17. The summed E-state index contributed by atoms with van der Waals surface area (Å²) in [5, 5.41) is 0. The van der Waals surface area contributed by atoms with E-state index in [4.69, 9.17) is 10.5 Å². The van der Waals surface area contributed by atoms with Gasteiger partial charge in [-0.3, -0.25) is 4.90 Å². The van der Waals surface area contributed by atoms with Crippen molar-refractivity contribution in [3.63, 3.8) is 0 Å². The van der Waals surface area contributed by atoms with Gasteiger partial charge in [-0.1, -0.05) is 0 Å². The number of nitrogens with two attached hydrogens (primary N) is 1. The van der Waals surface area contributed by atoms with E-state index in [0.29, 0.717) is 12.1 Å². The molecule has 1 saturated carbocycles. The minimum atomic E-state index is 0.225. The Morgan fingerprint density at radius 3 is 2.33 bits per heavy atom. The lowest BCUT2D eigenvalue weighted by Gasteiger charge is -2.36. The average Bonchev–Trinajstić information content (AvgIpc) is 3.00. The van der Waals surface area contributed by atoms with Gasteiger partial charge in [0.25, 0.3) is 0 Å². The van der Waals surface area contributed by atoms with Crippen LogP contribution in [0.1, 0.15) is 33.6 Å².